The van der Waals surface area contributed by atoms with Gasteiger partial charge in [0.2, 0.25) is 0 Å². The van der Waals surface area contributed by atoms with Crippen LogP contribution in [0.2, 0.25) is 5.02 Å². The lowest BCUT2D eigenvalue weighted by Gasteiger charge is -2.33. The summed E-state index contributed by atoms with van der Waals surface area (Å²) in [5.41, 5.74) is 4.25. The number of nitrogens with zero attached hydrogens (tertiary/aromatic N) is 5. The SMILES string of the molecule is CCc1ccc2[nH]c(=O)c([C@@H](c3nnnn3C(C)(C)C)N(Cc3ccccc3)Cc3ccc(Cl)cc3)cc2c1. The molecule has 0 fully saturated rings. The lowest BCUT2D eigenvalue weighted by atomic mass is 9.99. The summed E-state index contributed by atoms with van der Waals surface area (Å²) in [6.45, 7) is 9.44. The molecule has 0 saturated heterocycles. The van der Waals surface area contributed by atoms with E-state index in [2.05, 4.69) is 77.4 Å². The zero-order valence-electron chi connectivity index (χ0n) is 22.7. The number of aromatic amines is 1. The number of hydrogen-bond donors (Lipinski definition) is 1. The molecule has 0 radical (unpaired) electrons. The van der Waals surface area contributed by atoms with Crippen molar-refractivity contribution in [3.05, 3.63) is 122 Å². The molecule has 200 valence electrons. The standard InChI is InChI=1S/C31H33ClN6O/c1-5-21-13-16-27-24(17-21)18-26(30(39)33-27)28(29-34-35-36-38(29)31(2,3)4)37(19-22-9-7-6-8-10-22)20-23-11-14-25(32)15-12-23/h6-18,28H,5,19-20H2,1-4H3,(H,33,39)/t28-/m0/s1. The highest BCUT2D eigenvalue weighted by molar-refractivity contribution is 6.30. The Balaban J connectivity index is 1.73. The summed E-state index contributed by atoms with van der Waals surface area (Å²) in [6.07, 6.45) is 0.910. The molecule has 1 atom stereocenters. The Morgan fingerprint density at radius 2 is 1.59 bits per heavy atom. The molecule has 0 spiro atoms. The molecule has 1 N–H and O–H groups in total. The highest BCUT2D eigenvalue weighted by Gasteiger charge is 2.33. The van der Waals surface area contributed by atoms with Gasteiger partial charge in [-0.25, -0.2) is 4.68 Å². The molecule has 5 rings (SSSR count). The maximum absolute atomic E-state index is 13.8. The largest absolute Gasteiger partial charge is 0.322 e. The third-order valence-corrected chi connectivity index (χ3v) is 7.16. The number of benzene rings is 3. The molecule has 5 aromatic rings. The van der Waals surface area contributed by atoms with Crippen LogP contribution in [0.25, 0.3) is 10.9 Å². The second kappa shape index (κ2) is 11.1. The Morgan fingerprint density at radius 1 is 0.923 bits per heavy atom. The van der Waals surface area contributed by atoms with Crippen molar-refractivity contribution in [3.63, 3.8) is 0 Å². The molecule has 0 saturated carbocycles. The maximum atomic E-state index is 13.8. The van der Waals surface area contributed by atoms with Gasteiger partial charge in [-0.15, -0.1) is 5.10 Å². The second-order valence-corrected chi connectivity index (χ2v) is 11.3. The van der Waals surface area contributed by atoms with E-state index < -0.39 is 11.6 Å². The fraction of sp³-hybridized carbons (Fsp3) is 0.290. The molecule has 39 heavy (non-hydrogen) atoms. The normalized spacial score (nSPS) is 12.8. The van der Waals surface area contributed by atoms with Crippen LogP contribution in [0, 0.1) is 0 Å². The Kier molecular flexibility index (Phi) is 7.64. The minimum absolute atomic E-state index is 0.158. The van der Waals surface area contributed by atoms with Crippen LogP contribution in [-0.2, 0) is 25.0 Å². The summed E-state index contributed by atoms with van der Waals surface area (Å²) < 4.78 is 1.82. The van der Waals surface area contributed by atoms with Gasteiger partial charge in [-0.2, -0.15) is 0 Å². The predicted octanol–water partition coefficient (Wildman–Crippen LogP) is 6.28. The van der Waals surface area contributed by atoms with E-state index in [0.29, 0.717) is 29.5 Å². The quantitative estimate of drug-likeness (QED) is 0.250. The van der Waals surface area contributed by atoms with Gasteiger partial charge in [-0.05, 0) is 90.0 Å². The molecule has 2 heterocycles. The van der Waals surface area contributed by atoms with Crippen LogP contribution in [0.1, 0.15) is 61.8 Å². The molecule has 0 aliphatic rings. The lowest BCUT2D eigenvalue weighted by molar-refractivity contribution is 0.184. The first kappa shape index (κ1) is 26.8. The third-order valence-electron chi connectivity index (χ3n) is 6.91. The van der Waals surface area contributed by atoms with Crippen LogP contribution in [0.15, 0.2) is 83.7 Å². The monoisotopic (exact) mass is 540 g/mol. The number of aryl methyl sites for hydroxylation is 1. The van der Waals surface area contributed by atoms with Crippen molar-refractivity contribution >= 4 is 22.5 Å². The second-order valence-electron chi connectivity index (χ2n) is 10.9. The van der Waals surface area contributed by atoms with E-state index in [1.54, 1.807) is 0 Å². The van der Waals surface area contributed by atoms with Gasteiger partial charge in [0.1, 0.15) is 6.04 Å². The molecular formula is C31H33ClN6O. The van der Waals surface area contributed by atoms with E-state index in [1.807, 2.05) is 59.3 Å². The van der Waals surface area contributed by atoms with Crippen molar-refractivity contribution in [3.8, 4) is 0 Å². The van der Waals surface area contributed by atoms with Crippen LogP contribution in [0.4, 0.5) is 0 Å². The lowest BCUT2D eigenvalue weighted by Crippen LogP contribution is -2.37. The zero-order chi connectivity index (χ0) is 27.6. The highest BCUT2D eigenvalue weighted by Crippen LogP contribution is 2.32. The minimum Gasteiger partial charge on any atom is -0.322 e. The highest BCUT2D eigenvalue weighted by atomic mass is 35.5. The van der Waals surface area contributed by atoms with Crippen LogP contribution in [-0.4, -0.2) is 30.1 Å². The predicted molar refractivity (Wildman–Crippen MR) is 156 cm³/mol. The van der Waals surface area contributed by atoms with Crippen molar-refractivity contribution in [2.75, 3.05) is 0 Å². The topological polar surface area (TPSA) is 79.7 Å². The summed E-state index contributed by atoms with van der Waals surface area (Å²) in [5.74, 6) is 0.615. The van der Waals surface area contributed by atoms with E-state index in [-0.39, 0.29) is 5.56 Å². The van der Waals surface area contributed by atoms with Crippen LogP contribution < -0.4 is 5.56 Å². The first-order valence-corrected chi connectivity index (χ1v) is 13.6. The van der Waals surface area contributed by atoms with E-state index in [1.165, 1.54) is 5.56 Å². The van der Waals surface area contributed by atoms with Crippen LogP contribution in [0.5, 0.6) is 0 Å². The fourth-order valence-electron chi connectivity index (χ4n) is 4.92. The smallest absolute Gasteiger partial charge is 0.253 e. The summed E-state index contributed by atoms with van der Waals surface area (Å²) in [5, 5.41) is 14.6. The van der Waals surface area contributed by atoms with Crippen molar-refractivity contribution in [1.82, 2.24) is 30.1 Å². The van der Waals surface area contributed by atoms with Gasteiger partial charge in [0.15, 0.2) is 5.82 Å². The summed E-state index contributed by atoms with van der Waals surface area (Å²) in [6, 6.07) is 25.7. The minimum atomic E-state index is -0.520. The van der Waals surface area contributed by atoms with E-state index in [9.17, 15) is 4.79 Å². The van der Waals surface area contributed by atoms with Crippen LogP contribution >= 0.6 is 11.6 Å². The third kappa shape index (κ3) is 5.95. The summed E-state index contributed by atoms with van der Waals surface area (Å²) in [4.78, 5) is 19.1. The van der Waals surface area contributed by atoms with E-state index in [0.717, 1.165) is 28.5 Å². The average molecular weight is 541 g/mol. The molecule has 2 aromatic heterocycles. The van der Waals surface area contributed by atoms with Gasteiger partial charge in [0.25, 0.3) is 5.56 Å². The van der Waals surface area contributed by atoms with Gasteiger partial charge in [0, 0.05) is 29.2 Å². The number of H-pyrrole nitrogens is 1. The summed E-state index contributed by atoms with van der Waals surface area (Å²) >= 11 is 6.20. The first-order chi connectivity index (χ1) is 18.7. The zero-order valence-corrected chi connectivity index (χ0v) is 23.5. The molecular weight excluding hydrogens is 508 g/mol. The van der Waals surface area contributed by atoms with Gasteiger partial charge in [-0.1, -0.05) is 67.1 Å². The fourth-order valence-corrected chi connectivity index (χ4v) is 5.04. The molecule has 0 amide bonds. The average Bonchev–Trinajstić information content (AvgIpc) is 3.41. The maximum Gasteiger partial charge on any atom is 0.253 e. The number of fused-ring (bicyclic) bond motifs is 1. The molecule has 8 heteroatoms. The first-order valence-electron chi connectivity index (χ1n) is 13.2. The van der Waals surface area contributed by atoms with Gasteiger partial charge in [0.05, 0.1) is 5.54 Å². The number of halogens is 1. The van der Waals surface area contributed by atoms with Crippen molar-refractivity contribution in [2.24, 2.45) is 0 Å². The Hall–Kier alpha value is -3.81. The summed E-state index contributed by atoms with van der Waals surface area (Å²) in [7, 11) is 0. The number of rotatable bonds is 8. The number of nitrogens with one attached hydrogen (secondary N) is 1. The Labute approximate surface area is 233 Å². The van der Waals surface area contributed by atoms with Crippen LogP contribution in [0.3, 0.4) is 0 Å². The molecule has 0 aliphatic heterocycles. The van der Waals surface area contributed by atoms with Crippen molar-refractivity contribution in [2.45, 2.75) is 58.8 Å². The number of aromatic nitrogens is 5. The molecule has 0 unspecified atom stereocenters. The number of hydrogen-bond acceptors (Lipinski definition) is 5. The number of tetrazole rings is 1. The molecule has 0 bridgehead atoms. The van der Waals surface area contributed by atoms with Gasteiger partial charge >= 0.3 is 0 Å². The van der Waals surface area contributed by atoms with E-state index in [4.69, 9.17) is 11.6 Å². The molecule has 0 aliphatic carbocycles. The number of pyridine rings is 1. The Morgan fingerprint density at radius 3 is 2.26 bits per heavy atom. The molecule has 3 aromatic carbocycles. The van der Waals surface area contributed by atoms with Crippen molar-refractivity contribution in [1.29, 1.82) is 0 Å². The van der Waals surface area contributed by atoms with Gasteiger partial charge in [-0.3, -0.25) is 9.69 Å². The van der Waals surface area contributed by atoms with E-state index >= 15 is 0 Å². The van der Waals surface area contributed by atoms with Gasteiger partial charge < -0.3 is 4.98 Å². The molecule has 7 nitrogen and oxygen atoms in total. The Bertz CT molecular complexity index is 1620. The van der Waals surface area contributed by atoms with Crippen molar-refractivity contribution < 1.29 is 0 Å².